The molecular weight excluding hydrogens is 299 g/mol. The smallest absolute Gasteiger partial charge is 0.288 e. The van der Waals surface area contributed by atoms with E-state index in [1.807, 2.05) is 0 Å². The second-order valence-electron chi connectivity index (χ2n) is 3.45. The summed E-state index contributed by atoms with van der Waals surface area (Å²) in [6.07, 6.45) is -3.42. The van der Waals surface area contributed by atoms with E-state index in [0.29, 0.717) is 18.4 Å². The lowest BCUT2D eigenvalue weighted by Gasteiger charge is -2.06. The normalized spacial score (nSPS) is 10.8. The molecule has 0 atom stereocenters. The number of nitrogens with zero attached hydrogens (tertiary/aromatic N) is 1. The van der Waals surface area contributed by atoms with E-state index in [9.17, 15) is 18.0 Å². The first-order valence-electron chi connectivity index (χ1n) is 5.15. The van der Waals surface area contributed by atoms with Gasteiger partial charge in [0.1, 0.15) is 5.15 Å². The summed E-state index contributed by atoms with van der Waals surface area (Å²) in [6.45, 7) is 1.44. The van der Waals surface area contributed by atoms with Gasteiger partial charge in [-0.05, 0) is 6.07 Å². The van der Waals surface area contributed by atoms with E-state index in [1.54, 1.807) is 0 Å². The molecule has 0 saturated carbocycles. The highest BCUT2D eigenvalue weighted by atomic mass is 35.5. The number of hydrogen-bond acceptors (Lipinski definition) is 3. The van der Waals surface area contributed by atoms with Gasteiger partial charge in [0.05, 0.1) is 11.1 Å². The number of carbonyl (C=O) groups is 1. The molecule has 0 aliphatic heterocycles. The molecule has 102 valence electrons. The second kappa shape index (κ2) is 6.83. The van der Waals surface area contributed by atoms with Crippen LogP contribution in [0.25, 0.3) is 0 Å². The second-order valence-corrected chi connectivity index (χ2v) is 5.08. The molecule has 1 rings (SSSR count). The maximum Gasteiger partial charge on any atom is 0.417 e. The minimum Gasteiger partial charge on any atom is -0.288 e. The summed E-state index contributed by atoms with van der Waals surface area (Å²) in [5.41, 5.74) is -0.858. The van der Waals surface area contributed by atoms with Crippen molar-refractivity contribution >= 4 is 28.5 Å². The molecule has 0 spiro atoms. The Bertz CT molecular complexity index is 534. The molecule has 0 aromatic carbocycles. The lowest BCUT2D eigenvalue weighted by Crippen LogP contribution is -2.06. The Morgan fingerprint density at radius 2 is 2.21 bits per heavy atom. The average molecular weight is 308 g/mol. The molecule has 0 radical (unpaired) electrons. The van der Waals surface area contributed by atoms with Gasteiger partial charge in [0.2, 0.25) is 0 Å². The first-order valence-corrected chi connectivity index (χ1v) is 6.52. The van der Waals surface area contributed by atoms with Crippen LogP contribution in [0.15, 0.2) is 12.3 Å². The van der Waals surface area contributed by atoms with Crippen molar-refractivity contribution in [2.45, 2.75) is 19.5 Å². The zero-order valence-electron chi connectivity index (χ0n) is 9.84. The minimum absolute atomic E-state index is 0.0273. The fourth-order valence-corrected chi connectivity index (χ4v) is 1.74. The van der Waals surface area contributed by atoms with Gasteiger partial charge >= 0.3 is 6.18 Å². The third-order valence-corrected chi connectivity index (χ3v) is 3.04. The Labute approximate surface area is 117 Å². The summed E-state index contributed by atoms with van der Waals surface area (Å²) < 4.78 is 37.4. The highest BCUT2D eigenvalue weighted by molar-refractivity contribution is 8.13. The maximum atomic E-state index is 12.5. The fourth-order valence-electron chi connectivity index (χ4n) is 1.09. The Hall–Kier alpha value is -1.19. The Morgan fingerprint density at radius 1 is 1.53 bits per heavy atom. The van der Waals surface area contributed by atoms with Crippen LogP contribution >= 0.6 is 23.4 Å². The van der Waals surface area contributed by atoms with Crippen molar-refractivity contribution in [1.29, 1.82) is 0 Å². The molecule has 2 nitrogen and oxygen atoms in total. The monoisotopic (exact) mass is 307 g/mol. The Kier molecular flexibility index (Phi) is 5.70. The highest BCUT2D eigenvalue weighted by Gasteiger charge is 2.31. The van der Waals surface area contributed by atoms with Gasteiger partial charge in [-0.25, -0.2) is 4.98 Å². The molecule has 0 unspecified atom stereocenters. The fraction of sp³-hybridized carbons (Fsp3) is 0.333. The van der Waals surface area contributed by atoms with Gasteiger partial charge in [-0.2, -0.15) is 13.2 Å². The molecular formula is C12H9ClF3NOS. The molecule has 0 saturated heterocycles. The Balaban J connectivity index is 2.78. The largest absolute Gasteiger partial charge is 0.417 e. The van der Waals surface area contributed by atoms with Gasteiger partial charge in [-0.3, -0.25) is 4.79 Å². The van der Waals surface area contributed by atoms with Crippen LogP contribution in [0.5, 0.6) is 0 Å². The van der Waals surface area contributed by atoms with Gasteiger partial charge in [-0.1, -0.05) is 35.2 Å². The number of aromatic nitrogens is 1. The van der Waals surface area contributed by atoms with Gasteiger partial charge in [0.15, 0.2) is 5.12 Å². The summed E-state index contributed by atoms with van der Waals surface area (Å²) in [7, 11) is 0. The lowest BCUT2D eigenvalue weighted by atomic mass is 10.2. The van der Waals surface area contributed by atoms with E-state index in [0.717, 1.165) is 17.8 Å². The predicted molar refractivity (Wildman–Crippen MR) is 68.9 cm³/mol. The van der Waals surface area contributed by atoms with E-state index in [4.69, 9.17) is 11.6 Å². The molecule has 1 aromatic heterocycles. The number of rotatable bonds is 2. The van der Waals surface area contributed by atoms with Gasteiger partial charge in [-0.15, -0.1) is 0 Å². The zero-order valence-corrected chi connectivity index (χ0v) is 11.4. The van der Waals surface area contributed by atoms with E-state index < -0.39 is 11.7 Å². The van der Waals surface area contributed by atoms with Crippen molar-refractivity contribution in [1.82, 2.24) is 4.98 Å². The van der Waals surface area contributed by atoms with Crippen LogP contribution < -0.4 is 0 Å². The number of thioether (sulfide) groups is 1. The van der Waals surface area contributed by atoms with E-state index in [2.05, 4.69) is 16.8 Å². The molecule has 0 bridgehead atoms. The zero-order chi connectivity index (χ0) is 14.5. The topological polar surface area (TPSA) is 30.0 Å². The first kappa shape index (κ1) is 15.9. The van der Waals surface area contributed by atoms with Crippen molar-refractivity contribution in [3.63, 3.8) is 0 Å². The van der Waals surface area contributed by atoms with Crippen LogP contribution in [-0.4, -0.2) is 15.9 Å². The van der Waals surface area contributed by atoms with E-state index in [-0.39, 0.29) is 15.8 Å². The quantitative estimate of drug-likeness (QED) is 0.473. The third-order valence-electron chi connectivity index (χ3n) is 1.92. The van der Waals surface area contributed by atoms with E-state index in [1.165, 1.54) is 6.92 Å². The number of halogens is 4. The predicted octanol–water partition coefficient (Wildman–Crippen LogP) is 3.78. The number of hydrogen-bond donors (Lipinski definition) is 0. The molecule has 0 aliphatic rings. The molecule has 7 heteroatoms. The Morgan fingerprint density at radius 3 is 2.79 bits per heavy atom. The third kappa shape index (κ3) is 5.53. The average Bonchev–Trinajstić information content (AvgIpc) is 2.29. The summed E-state index contributed by atoms with van der Waals surface area (Å²) >= 11 is 6.78. The molecule has 19 heavy (non-hydrogen) atoms. The van der Waals surface area contributed by atoms with Gasteiger partial charge in [0, 0.05) is 25.3 Å². The van der Waals surface area contributed by atoms with Gasteiger partial charge < -0.3 is 0 Å². The molecule has 0 amide bonds. The number of carbonyl (C=O) groups excluding carboxylic acids is 1. The van der Waals surface area contributed by atoms with Crippen LogP contribution in [-0.2, 0) is 11.0 Å². The van der Waals surface area contributed by atoms with Crippen LogP contribution in [0.3, 0.4) is 0 Å². The molecule has 0 aliphatic carbocycles. The maximum absolute atomic E-state index is 12.5. The summed E-state index contributed by atoms with van der Waals surface area (Å²) in [5, 5.41) is -0.0970. The van der Waals surface area contributed by atoms with Crippen LogP contribution in [0.1, 0.15) is 24.5 Å². The van der Waals surface area contributed by atoms with Crippen molar-refractivity contribution in [2.24, 2.45) is 0 Å². The van der Waals surface area contributed by atoms with Crippen LogP contribution in [0.2, 0.25) is 5.15 Å². The SMILES string of the molecule is CC(=O)SCCC#Cc1cc(C(F)(F)F)cnc1Cl. The minimum atomic E-state index is -4.47. The molecule has 1 aromatic rings. The van der Waals surface area contributed by atoms with E-state index >= 15 is 0 Å². The van der Waals surface area contributed by atoms with Crippen molar-refractivity contribution < 1.29 is 18.0 Å². The van der Waals surface area contributed by atoms with Crippen LogP contribution in [0, 0.1) is 11.8 Å². The summed E-state index contributed by atoms with van der Waals surface area (Å²) in [6, 6.07) is 0.862. The summed E-state index contributed by atoms with van der Waals surface area (Å²) in [4.78, 5) is 14.1. The van der Waals surface area contributed by atoms with Crippen molar-refractivity contribution in [2.75, 3.05) is 5.75 Å². The summed E-state index contributed by atoms with van der Waals surface area (Å²) in [5.74, 6) is 5.68. The molecule has 1 heterocycles. The highest BCUT2D eigenvalue weighted by Crippen LogP contribution is 2.30. The first-order chi connectivity index (χ1) is 8.80. The van der Waals surface area contributed by atoms with Crippen LogP contribution in [0.4, 0.5) is 13.2 Å². The van der Waals surface area contributed by atoms with Gasteiger partial charge in [0.25, 0.3) is 0 Å². The molecule has 0 fully saturated rings. The lowest BCUT2D eigenvalue weighted by molar-refractivity contribution is -0.137. The van der Waals surface area contributed by atoms with Crippen molar-refractivity contribution in [3.8, 4) is 11.8 Å². The molecule has 0 N–H and O–H groups in total. The number of pyridine rings is 1. The van der Waals surface area contributed by atoms with Crippen molar-refractivity contribution in [3.05, 3.63) is 28.5 Å². The standard InChI is InChI=1S/C12H9ClF3NOS/c1-8(18)19-5-3-2-4-9-6-10(12(14,15)16)7-17-11(9)13/h6-7H,3,5H2,1H3. The number of alkyl halides is 3.